The molecule has 0 atom stereocenters. The number of rotatable bonds is 4. The van der Waals surface area contributed by atoms with Gasteiger partial charge in [-0.25, -0.2) is 0 Å². The predicted molar refractivity (Wildman–Crippen MR) is 75.5 cm³/mol. The van der Waals surface area contributed by atoms with Crippen LogP contribution in [0.4, 0.5) is 0 Å². The van der Waals surface area contributed by atoms with Gasteiger partial charge in [0.15, 0.2) is 0 Å². The summed E-state index contributed by atoms with van der Waals surface area (Å²) in [5.74, 6) is 1.16. The number of aryl methyl sites for hydroxylation is 1. The summed E-state index contributed by atoms with van der Waals surface area (Å²) >= 11 is 3.29. The summed E-state index contributed by atoms with van der Waals surface area (Å²) in [5.41, 5.74) is 0. The summed E-state index contributed by atoms with van der Waals surface area (Å²) in [5, 5.41) is 3.67. The second-order valence-electron chi connectivity index (χ2n) is 3.72. The topological polar surface area (TPSA) is 71.7 Å². The fourth-order valence-electron chi connectivity index (χ4n) is 1.36. The third kappa shape index (κ3) is 3.45. The van der Waals surface area contributed by atoms with Gasteiger partial charge in [-0.1, -0.05) is 18.2 Å². The SMILES string of the molecule is Cc1oc(/C=N/NS(=O)(=O)c2ccccc2)cc1Br. The molecule has 100 valence electrons. The van der Waals surface area contributed by atoms with Gasteiger partial charge in [0.25, 0.3) is 10.0 Å². The Morgan fingerprint density at radius 3 is 2.58 bits per heavy atom. The molecule has 1 heterocycles. The van der Waals surface area contributed by atoms with Crippen molar-refractivity contribution >= 4 is 32.2 Å². The maximum atomic E-state index is 11.8. The molecule has 0 aliphatic heterocycles. The van der Waals surface area contributed by atoms with Crippen LogP contribution in [0.15, 0.2) is 55.3 Å². The van der Waals surface area contributed by atoms with E-state index in [1.54, 1.807) is 31.2 Å². The molecule has 5 nitrogen and oxygen atoms in total. The monoisotopic (exact) mass is 342 g/mol. The van der Waals surface area contributed by atoms with Gasteiger partial charge in [0.1, 0.15) is 11.5 Å². The molecule has 2 rings (SSSR count). The zero-order valence-corrected chi connectivity index (χ0v) is 12.4. The summed E-state index contributed by atoms with van der Waals surface area (Å²) in [6.07, 6.45) is 1.30. The van der Waals surface area contributed by atoms with E-state index in [2.05, 4.69) is 25.9 Å². The summed E-state index contributed by atoms with van der Waals surface area (Å²) in [7, 11) is -3.64. The van der Waals surface area contributed by atoms with E-state index in [9.17, 15) is 8.42 Å². The van der Waals surface area contributed by atoms with E-state index in [0.717, 1.165) is 4.47 Å². The zero-order valence-electron chi connectivity index (χ0n) is 10.00. The van der Waals surface area contributed by atoms with E-state index in [1.807, 2.05) is 0 Å². The van der Waals surface area contributed by atoms with Crippen molar-refractivity contribution in [2.75, 3.05) is 0 Å². The maximum Gasteiger partial charge on any atom is 0.276 e. The Morgan fingerprint density at radius 1 is 1.32 bits per heavy atom. The second kappa shape index (κ2) is 5.58. The Labute approximate surface area is 119 Å². The van der Waals surface area contributed by atoms with Crippen molar-refractivity contribution in [2.45, 2.75) is 11.8 Å². The van der Waals surface area contributed by atoms with Crippen molar-refractivity contribution < 1.29 is 12.8 Å². The second-order valence-corrected chi connectivity index (χ2v) is 6.23. The fourth-order valence-corrected chi connectivity index (χ4v) is 2.48. The Kier molecular flexibility index (Phi) is 4.06. The first-order chi connectivity index (χ1) is 8.99. The number of furan rings is 1. The average molecular weight is 343 g/mol. The van der Waals surface area contributed by atoms with Crippen LogP contribution in [0.25, 0.3) is 0 Å². The number of halogens is 1. The van der Waals surface area contributed by atoms with Gasteiger partial charge in [0.05, 0.1) is 15.6 Å². The Balaban J connectivity index is 2.10. The average Bonchev–Trinajstić information content (AvgIpc) is 2.69. The standard InChI is InChI=1S/C12H11BrN2O3S/c1-9-12(13)7-10(18-9)8-14-15-19(16,17)11-5-3-2-4-6-11/h2-8,15H,1H3/b14-8+. The highest BCUT2D eigenvalue weighted by molar-refractivity contribution is 9.10. The largest absolute Gasteiger partial charge is 0.459 e. The van der Waals surface area contributed by atoms with Gasteiger partial charge < -0.3 is 4.42 Å². The third-order valence-electron chi connectivity index (χ3n) is 2.29. The van der Waals surface area contributed by atoms with Crippen molar-refractivity contribution in [1.82, 2.24) is 4.83 Å². The number of benzene rings is 1. The van der Waals surface area contributed by atoms with E-state index in [-0.39, 0.29) is 4.90 Å². The normalized spacial score (nSPS) is 11.9. The van der Waals surface area contributed by atoms with Gasteiger partial charge >= 0.3 is 0 Å². The van der Waals surface area contributed by atoms with E-state index < -0.39 is 10.0 Å². The molecule has 0 aliphatic carbocycles. The molecule has 0 bridgehead atoms. The number of hydrogen-bond acceptors (Lipinski definition) is 4. The van der Waals surface area contributed by atoms with Gasteiger partial charge in [0.2, 0.25) is 0 Å². The first-order valence-electron chi connectivity index (χ1n) is 5.35. The maximum absolute atomic E-state index is 11.8. The molecule has 0 aliphatic rings. The molecule has 0 saturated heterocycles. The molecule has 7 heteroatoms. The number of sulfonamides is 1. The number of hydrogen-bond donors (Lipinski definition) is 1. The van der Waals surface area contributed by atoms with E-state index in [0.29, 0.717) is 11.5 Å². The number of hydrazone groups is 1. The van der Waals surface area contributed by atoms with Crippen molar-refractivity contribution in [3.63, 3.8) is 0 Å². The quantitative estimate of drug-likeness (QED) is 0.685. The van der Waals surface area contributed by atoms with E-state index in [1.165, 1.54) is 18.3 Å². The molecule has 19 heavy (non-hydrogen) atoms. The van der Waals surface area contributed by atoms with Gasteiger partial charge in [-0.2, -0.15) is 18.4 Å². The van der Waals surface area contributed by atoms with Crippen molar-refractivity contribution in [3.05, 3.63) is 52.4 Å². The first kappa shape index (κ1) is 13.8. The summed E-state index contributed by atoms with van der Waals surface area (Å²) < 4.78 is 29.8. The van der Waals surface area contributed by atoms with Gasteiger partial charge in [0, 0.05) is 6.07 Å². The van der Waals surface area contributed by atoms with E-state index in [4.69, 9.17) is 4.42 Å². The molecule has 0 saturated carbocycles. The van der Waals surface area contributed by atoms with Crippen LogP contribution in [0.3, 0.4) is 0 Å². The molecule has 1 aromatic carbocycles. The highest BCUT2D eigenvalue weighted by Gasteiger charge is 2.11. The lowest BCUT2D eigenvalue weighted by atomic mass is 10.4. The Bertz CT molecular complexity index is 674. The molecule has 0 amide bonds. The number of nitrogens with one attached hydrogen (secondary N) is 1. The van der Waals surface area contributed by atoms with Crippen LogP contribution >= 0.6 is 15.9 Å². The van der Waals surface area contributed by atoms with Crippen LogP contribution in [0.2, 0.25) is 0 Å². The molecule has 2 aromatic rings. The molecule has 1 N–H and O–H groups in total. The van der Waals surface area contributed by atoms with Crippen LogP contribution in [-0.2, 0) is 10.0 Å². The van der Waals surface area contributed by atoms with Crippen molar-refractivity contribution in [3.8, 4) is 0 Å². The van der Waals surface area contributed by atoms with Gasteiger partial charge in [-0.15, -0.1) is 0 Å². The third-order valence-corrected chi connectivity index (χ3v) is 4.32. The van der Waals surface area contributed by atoms with Crippen LogP contribution < -0.4 is 4.83 Å². The minimum Gasteiger partial charge on any atom is -0.459 e. The molecular weight excluding hydrogens is 332 g/mol. The zero-order chi connectivity index (χ0) is 13.9. The molecule has 0 radical (unpaired) electrons. The van der Waals surface area contributed by atoms with Crippen LogP contribution in [0.5, 0.6) is 0 Å². The molecule has 0 spiro atoms. The Hall–Kier alpha value is -1.60. The summed E-state index contributed by atoms with van der Waals surface area (Å²) in [4.78, 5) is 2.28. The molecule has 1 aromatic heterocycles. The van der Waals surface area contributed by atoms with Crippen molar-refractivity contribution in [2.24, 2.45) is 5.10 Å². The van der Waals surface area contributed by atoms with Crippen LogP contribution in [0, 0.1) is 6.92 Å². The minimum atomic E-state index is -3.64. The molecule has 0 unspecified atom stereocenters. The fraction of sp³-hybridized carbons (Fsp3) is 0.0833. The number of nitrogens with zero attached hydrogens (tertiary/aromatic N) is 1. The van der Waals surface area contributed by atoms with Crippen LogP contribution in [0.1, 0.15) is 11.5 Å². The molecular formula is C12H11BrN2O3S. The lowest BCUT2D eigenvalue weighted by Crippen LogP contribution is -2.18. The lowest BCUT2D eigenvalue weighted by molar-refractivity contribution is 0.525. The summed E-state index contributed by atoms with van der Waals surface area (Å²) in [6, 6.07) is 9.72. The smallest absolute Gasteiger partial charge is 0.276 e. The van der Waals surface area contributed by atoms with Crippen LogP contribution in [-0.4, -0.2) is 14.6 Å². The summed E-state index contributed by atoms with van der Waals surface area (Å²) in [6.45, 7) is 1.79. The Morgan fingerprint density at radius 2 is 2.00 bits per heavy atom. The van der Waals surface area contributed by atoms with Crippen molar-refractivity contribution in [1.29, 1.82) is 0 Å². The minimum absolute atomic E-state index is 0.156. The van der Waals surface area contributed by atoms with Gasteiger partial charge in [-0.3, -0.25) is 0 Å². The molecule has 0 fully saturated rings. The lowest BCUT2D eigenvalue weighted by Gasteiger charge is -2.01. The van der Waals surface area contributed by atoms with Gasteiger partial charge in [-0.05, 0) is 35.0 Å². The first-order valence-corrected chi connectivity index (χ1v) is 7.62. The predicted octanol–water partition coefficient (Wildman–Crippen LogP) is 2.66. The highest BCUT2D eigenvalue weighted by atomic mass is 79.9. The van der Waals surface area contributed by atoms with E-state index >= 15 is 0 Å². The highest BCUT2D eigenvalue weighted by Crippen LogP contribution is 2.19.